The Balaban J connectivity index is 1.95. The first-order chi connectivity index (χ1) is 8.70. The average Bonchev–Trinajstić information content (AvgIpc) is 2.92. The van der Waals surface area contributed by atoms with Crippen molar-refractivity contribution in [3.63, 3.8) is 0 Å². The van der Waals surface area contributed by atoms with Gasteiger partial charge in [-0.3, -0.25) is 0 Å². The topological polar surface area (TPSA) is 82.8 Å². The van der Waals surface area contributed by atoms with Crippen LogP contribution in [0.5, 0.6) is 0 Å². The number of hydrogen-bond donors (Lipinski definition) is 3. The van der Waals surface area contributed by atoms with Crippen LogP contribution >= 0.6 is 11.3 Å². The van der Waals surface area contributed by atoms with Crippen molar-refractivity contribution in [2.24, 2.45) is 0 Å². The van der Waals surface area contributed by atoms with Crippen molar-refractivity contribution < 1.29 is 20.1 Å². The molecule has 1 fully saturated rings. The van der Waals surface area contributed by atoms with E-state index in [0.29, 0.717) is 5.01 Å². The Hall–Kier alpha value is -1.05. The molecule has 0 bridgehead atoms. The van der Waals surface area contributed by atoms with E-state index in [1.807, 2.05) is 24.3 Å². The van der Waals surface area contributed by atoms with E-state index < -0.39 is 24.4 Å². The number of aliphatic hydroxyl groups is 3. The summed E-state index contributed by atoms with van der Waals surface area (Å²) in [7, 11) is 0. The summed E-state index contributed by atoms with van der Waals surface area (Å²) < 4.78 is 6.45. The Bertz CT molecular complexity index is 525. The number of aromatic nitrogens is 1. The molecule has 1 aromatic carbocycles. The van der Waals surface area contributed by atoms with Crippen LogP contribution in [0.3, 0.4) is 0 Å². The maximum Gasteiger partial charge on any atom is 0.138 e. The number of ether oxygens (including phenoxy) is 1. The number of aliphatic hydroxyl groups excluding tert-OH is 3. The molecule has 3 rings (SSSR count). The molecule has 0 aliphatic carbocycles. The number of fused-ring (bicyclic) bond motifs is 1. The third kappa shape index (κ3) is 1.82. The standard InChI is InChI=1S/C12H13NO4S/c14-5-7-9(15)10(16)11(17-7)12-13-6-3-1-2-4-8(6)18-12/h1-4,7,9-11,14-16H,5H2/t7-,9-,10-,11-/m1/s1. The Morgan fingerprint density at radius 3 is 2.67 bits per heavy atom. The number of benzene rings is 1. The van der Waals surface area contributed by atoms with E-state index in [9.17, 15) is 10.2 Å². The first kappa shape index (κ1) is 12.0. The molecule has 2 heterocycles. The minimum atomic E-state index is -1.08. The molecule has 6 heteroatoms. The number of thiazole rings is 1. The zero-order valence-corrected chi connectivity index (χ0v) is 10.2. The van der Waals surface area contributed by atoms with Crippen molar-refractivity contribution in [1.82, 2.24) is 4.98 Å². The largest absolute Gasteiger partial charge is 0.394 e. The minimum Gasteiger partial charge on any atom is -0.394 e. The lowest BCUT2D eigenvalue weighted by molar-refractivity contribution is -0.0227. The molecular weight excluding hydrogens is 254 g/mol. The van der Waals surface area contributed by atoms with E-state index in [-0.39, 0.29) is 6.61 Å². The summed E-state index contributed by atoms with van der Waals surface area (Å²) in [6.45, 7) is -0.320. The van der Waals surface area contributed by atoms with Gasteiger partial charge in [-0.2, -0.15) is 0 Å². The second-order valence-electron chi connectivity index (χ2n) is 4.28. The van der Waals surface area contributed by atoms with E-state index >= 15 is 0 Å². The molecule has 96 valence electrons. The van der Waals surface area contributed by atoms with Crippen molar-refractivity contribution in [2.75, 3.05) is 6.61 Å². The maximum absolute atomic E-state index is 9.92. The summed E-state index contributed by atoms with van der Waals surface area (Å²) in [5.41, 5.74) is 0.843. The Labute approximate surface area is 107 Å². The van der Waals surface area contributed by atoms with Crippen molar-refractivity contribution in [3.05, 3.63) is 29.3 Å². The van der Waals surface area contributed by atoms with Crippen LogP contribution in [0.1, 0.15) is 11.1 Å². The Morgan fingerprint density at radius 1 is 1.22 bits per heavy atom. The zero-order valence-electron chi connectivity index (χ0n) is 9.43. The predicted octanol–water partition coefficient (Wildman–Crippen LogP) is 0.450. The number of nitrogens with zero attached hydrogens (tertiary/aromatic N) is 1. The SMILES string of the molecule is OC[C@H]1O[C@@H](c2nc3ccccc3s2)[C@H](O)[C@@H]1O. The fourth-order valence-electron chi connectivity index (χ4n) is 2.12. The lowest BCUT2D eigenvalue weighted by Gasteiger charge is -2.11. The highest BCUT2D eigenvalue weighted by atomic mass is 32.1. The van der Waals surface area contributed by atoms with Gasteiger partial charge in [-0.05, 0) is 12.1 Å². The molecular formula is C12H13NO4S. The molecule has 3 N–H and O–H groups in total. The molecule has 5 nitrogen and oxygen atoms in total. The first-order valence-corrected chi connectivity index (χ1v) is 6.50. The van der Waals surface area contributed by atoms with Crippen molar-refractivity contribution in [2.45, 2.75) is 24.4 Å². The van der Waals surface area contributed by atoms with Crippen LogP contribution in [0.25, 0.3) is 10.2 Å². The number of rotatable bonds is 2. The molecule has 0 spiro atoms. The fraction of sp³-hybridized carbons (Fsp3) is 0.417. The summed E-state index contributed by atoms with van der Waals surface area (Å²) >= 11 is 1.42. The summed E-state index contributed by atoms with van der Waals surface area (Å²) in [5, 5.41) is 29.3. The van der Waals surface area contributed by atoms with Crippen molar-refractivity contribution in [1.29, 1.82) is 0 Å². The van der Waals surface area contributed by atoms with Crippen LogP contribution in [0.2, 0.25) is 0 Å². The quantitative estimate of drug-likeness (QED) is 0.736. The fourth-order valence-corrected chi connectivity index (χ4v) is 3.16. The number of hydrogen-bond acceptors (Lipinski definition) is 6. The Morgan fingerprint density at radius 2 is 2.00 bits per heavy atom. The third-order valence-electron chi connectivity index (χ3n) is 3.10. The molecule has 1 aliphatic rings. The van der Waals surface area contributed by atoms with Gasteiger partial charge in [0.15, 0.2) is 0 Å². The molecule has 0 radical (unpaired) electrons. The van der Waals surface area contributed by atoms with Gasteiger partial charge in [0.25, 0.3) is 0 Å². The van der Waals surface area contributed by atoms with Crippen LogP contribution in [0.4, 0.5) is 0 Å². The lowest BCUT2D eigenvalue weighted by atomic mass is 10.1. The number of para-hydroxylation sites is 1. The first-order valence-electron chi connectivity index (χ1n) is 5.68. The molecule has 1 saturated heterocycles. The van der Waals surface area contributed by atoms with Gasteiger partial charge in [0.1, 0.15) is 29.4 Å². The van der Waals surface area contributed by atoms with E-state index in [2.05, 4.69) is 4.98 Å². The van der Waals surface area contributed by atoms with Gasteiger partial charge in [-0.15, -0.1) is 11.3 Å². The zero-order chi connectivity index (χ0) is 12.7. The van der Waals surface area contributed by atoms with Crippen LogP contribution in [0.15, 0.2) is 24.3 Å². The molecule has 1 aromatic heterocycles. The van der Waals surface area contributed by atoms with Gasteiger partial charge >= 0.3 is 0 Å². The van der Waals surface area contributed by atoms with Gasteiger partial charge in [-0.1, -0.05) is 12.1 Å². The van der Waals surface area contributed by atoms with Crippen LogP contribution < -0.4 is 0 Å². The molecule has 18 heavy (non-hydrogen) atoms. The van der Waals surface area contributed by atoms with Gasteiger partial charge in [-0.25, -0.2) is 4.98 Å². The molecule has 2 aromatic rings. The summed E-state index contributed by atoms with van der Waals surface area (Å²) in [6.07, 6.45) is -3.55. The second-order valence-corrected chi connectivity index (χ2v) is 5.34. The lowest BCUT2D eigenvalue weighted by Crippen LogP contribution is -2.32. The van der Waals surface area contributed by atoms with E-state index in [4.69, 9.17) is 9.84 Å². The van der Waals surface area contributed by atoms with Crippen LogP contribution in [-0.2, 0) is 4.74 Å². The molecule has 0 saturated carbocycles. The summed E-state index contributed by atoms with van der Waals surface area (Å²) in [4.78, 5) is 4.39. The van der Waals surface area contributed by atoms with E-state index in [1.54, 1.807) is 0 Å². The molecule has 1 aliphatic heterocycles. The Kier molecular flexibility index (Phi) is 3.04. The van der Waals surface area contributed by atoms with E-state index in [0.717, 1.165) is 10.2 Å². The molecule has 0 amide bonds. The van der Waals surface area contributed by atoms with Crippen molar-refractivity contribution in [3.8, 4) is 0 Å². The highest BCUT2D eigenvalue weighted by molar-refractivity contribution is 7.18. The summed E-state index contributed by atoms with van der Waals surface area (Å²) in [6, 6.07) is 7.64. The van der Waals surface area contributed by atoms with Gasteiger partial charge in [0, 0.05) is 0 Å². The predicted molar refractivity (Wildman–Crippen MR) is 66.3 cm³/mol. The highest BCUT2D eigenvalue weighted by Crippen LogP contribution is 2.37. The van der Waals surface area contributed by atoms with E-state index in [1.165, 1.54) is 11.3 Å². The monoisotopic (exact) mass is 267 g/mol. The smallest absolute Gasteiger partial charge is 0.138 e. The van der Waals surface area contributed by atoms with Gasteiger partial charge < -0.3 is 20.1 Å². The molecule has 4 atom stereocenters. The van der Waals surface area contributed by atoms with Crippen molar-refractivity contribution >= 4 is 21.6 Å². The average molecular weight is 267 g/mol. The maximum atomic E-state index is 9.92. The van der Waals surface area contributed by atoms with Crippen LogP contribution in [0, 0.1) is 0 Å². The van der Waals surface area contributed by atoms with Crippen LogP contribution in [-0.4, -0.2) is 45.2 Å². The third-order valence-corrected chi connectivity index (χ3v) is 4.19. The second kappa shape index (κ2) is 4.56. The van der Waals surface area contributed by atoms with Gasteiger partial charge in [0.2, 0.25) is 0 Å². The highest BCUT2D eigenvalue weighted by Gasteiger charge is 2.44. The van der Waals surface area contributed by atoms with Gasteiger partial charge in [0.05, 0.1) is 16.8 Å². The normalized spacial score (nSPS) is 32.2. The minimum absolute atomic E-state index is 0.320. The molecule has 0 unspecified atom stereocenters. The summed E-state index contributed by atoms with van der Waals surface area (Å²) in [5.74, 6) is 0.